The molecule has 1 aromatic carbocycles. The van der Waals surface area contributed by atoms with Crippen LogP contribution in [-0.4, -0.2) is 9.97 Å². The minimum absolute atomic E-state index is 0.756. The molecule has 1 aliphatic rings. The molecule has 0 amide bonds. The molecule has 0 atom stereocenters. The molecule has 0 bridgehead atoms. The number of hydrogen-bond donors (Lipinski definition) is 1. The van der Waals surface area contributed by atoms with Crippen LogP contribution in [0.15, 0.2) is 36.7 Å². The molecule has 2 aromatic heterocycles. The molecule has 0 fully saturated rings. The summed E-state index contributed by atoms with van der Waals surface area (Å²) in [4.78, 5) is 11.7. The van der Waals surface area contributed by atoms with Gasteiger partial charge in [-0.25, -0.2) is 9.97 Å². The number of benzene rings is 1. The van der Waals surface area contributed by atoms with E-state index in [1.807, 2.05) is 29.5 Å². The van der Waals surface area contributed by atoms with Crippen molar-refractivity contribution in [1.82, 2.24) is 9.97 Å². The summed E-state index contributed by atoms with van der Waals surface area (Å²) < 4.78 is 0. The van der Waals surface area contributed by atoms with Crippen molar-refractivity contribution in [2.24, 2.45) is 0 Å². The second kappa shape index (κ2) is 5.45. The molecule has 0 unspecified atom stereocenters. The van der Waals surface area contributed by atoms with E-state index in [2.05, 4.69) is 27.4 Å². The van der Waals surface area contributed by atoms with Gasteiger partial charge >= 0.3 is 0 Å². The SMILES string of the molecule is c1ccc(NCc2ncnc3sc4c(c23)CCCC4)cc1. The first-order chi connectivity index (χ1) is 10.4. The number of rotatable bonds is 3. The molecule has 0 saturated carbocycles. The highest BCUT2D eigenvalue weighted by molar-refractivity contribution is 7.18. The Hall–Kier alpha value is -1.94. The Morgan fingerprint density at radius 3 is 2.81 bits per heavy atom. The number of para-hydroxylation sites is 1. The number of thiophene rings is 1. The Bertz CT molecular complexity index is 764. The predicted octanol–water partition coefficient (Wildman–Crippen LogP) is 4.18. The molecule has 3 nitrogen and oxygen atoms in total. The summed E-state index contributed by atoms with van der Waals surface area (Å²) in [5.41, 5.74) is 3.77. The molecule has 0 aliphatic heterocycles. The van der Waals surface area contributed by atoms with Gasteiger partial charge in [0.25, 0.3) is 0 Å². The second-order valence-electron chi connectivity index (χ2n) is 5.43. The molecule has 2 heterocycles. The molecular formula is C17H17N3S. The van der Waals surface area contributed by atoms with Crippen LogP contribution in [0.2, 0.25) is 0 Å². The van der Waals surface area contributed by atoms with Crippen LogP contribution in [0.4, 0.5) is 5.69 Å². The summed E-state index contributed by atoms with van der Waals surface area (Å²) in [6.45, 7) is 0.756. The van der Waals surface area contributed by atoms with E-state index in [9.17, 15) is 0 Å². The van der Waals surface area contributed by atoms with Crippen LogP contribution < -0.4 is 5.32 Å². The fourth-order valence-corrected chi connectivity index (χ4v) is 4.28. The Kier molecular flexibility index (Phi) is 3.31. The fourth-order valence-electron chi connectivity index (χ4n) is 3.03. The zero-order valence-electron chi connectivity index (χ0n) is 11.8. The van der Waals surface area contributed by atoms with Crippen LogP contribution in [0.3, 0.4) is 0 Å². The first-order valence-electron chi connectivity index (χ1n) is 7.45. The number of hydrogen-bond acceptors (Lipinski definition) is 4. The third-order valence-corrected chi connectivity index (χ3v) is 5.26. The lowest BCUT2D eigenvalue weighted by molar-refractivity contribution is 0.700. The van der Waals surface area contributed by atoms with Gasteiger partial charge in [-0.1, -0.05) is 18.2 Å². The van der Waals surface area contributed by atoms with Gasteiger partial charge in [-0.15, -0.1) is 11.3 Å². The highest BCUT2D eigenvalue weighted by Crippen LogP contribution is 2.36. The second-order valence-corrected chi connectivity index (χ2v) is 6.51. The first-order valence-corrected chi connectivity index (χ1v) is 8.26. The monoisotopic (exact) mass is 295 g/mol. The highest BCUT2D eigenvalue weighted by atomic mass is 32.1. The quantitative estimate of drug-likeness (QED) is 0.787. The van der Waals surface area contributed by atoms with Crippen LogP contribution in [0, 0.1) is 0 Å². The predicted molar refractivity (Wildman–Crippen MR) is 87.8 cm³/mol. The van der Waals surface area contributed by atoms with E-state index in [1.165, 1.54) is 41.5 Å². The van der Waals surface area contributed by atoms with Crippen molar-refractivity contribution in [2.45, 2.75) is 32.2 Å². The van der Waals surface area contributed by atoms with Gasteiger partial charge < -0.3 is 5.32 Å². The maximum Gasteiger partial charge on any atom is 0.127 e. The van der Waals surface area contributed by atoms with E-state index >= 15 is 0 Å². The molecule has 0 spiro atoms. The number of nitrogens with one attached hydrogen (secondary N) is 1. The van der Waals surface area contributed by atoms with Gasteiger partial charge in [-0.2, -0.15) is 0 Å². The van der Waals surface area contributed by atoms with Gasteiger partial charge in [0.15, 0.2) is 0 Å². The summed E-state index contributed by atoms with van der Waals surface area (Å²) >= 11 is 1.86. The van der Waals surface area contributed by atoms with Crippen molar-refractivity contribution in [2.75, 3.05) is 5.32 Å². The average molecular weight is 295 g/mol. The van der Waals surface area contributed by atoms with Gasteiger partial charge in [0.05, 0.1) is 12.2 Å². The zero-order valence-corrected chi connectivity index (χ0v) is 12.6. The lowest BCUT2D eigenvalue weighted by Gasteiger charge is -2.12. The Labute approximate surface area is 128 Å². The van der Waals surface area contributed by atoms with Gasteiger partial charge in [-0.3, -0.25) is 0 Å². The third kappa shape index (κ3) is 2.40. The van der Waals surface area contributed by atoms with E-state index in [1.54, 1.807) is 6.33 Å². The number of aromatic nitrogens is 2. The van der Waals surface area contributed by atoms with Crippen LogP contribution >= 0.6 is 11.3 Å². The van der Waals surface area contributed by atoms with Gasteiger partial charge in [0.2, 0.25) is 0 Å². The molecule has 4 rings (SSSR count). The summed E-state index contributed by atoms with van der Waals surface area (Å²) in [6.07, 6.45) is 6.69. The highest BCUT2D eigenvalue weighted by Gasteiger charge is 2.19. The average Bonchev–Trinajstić information content (AvgIpc) is 2.93. The van der Waals surface area contributed by atoms with Crippen molar-refractivity contribution in [3.8, 4) is 0 Å². The standard InChI is InChI=1S/C17H17N3S/c1-2-6-12(7-3-1)18-10-14-16-13-8-4-5-9-15(13)21-17(16)20-11-19-14/h1-3,6-7,11,18H,4-5,8-10H2. The van der Waals surface area contributed by atoms with Gasteiger partial charge in [-0.05, 0) is 43.4 Å². The van der Waals surface area contributed by atoms with Crippen molar-refractivity contribution in [1.29, 1.82) is 0 Å². The lowest BCUT2D eigenvalue weighted by atomic mass is 9.96. The van der Waals surface area contributed by atoms with E-state index in [0.717, 1.165) is 22.8 Å². The minimum Gasteiger partial charge on any atom is -0.379 e. The van der Waals surface area contributed by atoms with Crippen molar-refractivity contribution >= 4 is 27.2 Å². The molecular weight excluding hydrogens is 278 g/mol. The Balaban J connectivity index is 1.70. The van der Waals surface area contributed by atoms with Crippen molar-refractivity contribution in [3.05, 3.63) is 52.8 Å². The summed E-state index contributed by atoms with van der Waals surface area (Å²) in [6, 6.07) is 10.3. The smallest absolute Gasteiger partial charge is 0.127 e. The minimum atomic E-state index is 0.756. The third-order valence-electron chi connectivity index (χ3n) is 4.06. The molecule has 21 heavy (non-hydrogen) atoms. The normalized spacial score (nSPS) is 14.1. The van der Waals surface area contributed by atoms with E-state index in [0.29, 0.717) is 0 Å². The maximum atomic E-state index is 4.54. The van der Waals surface area contributed by atoms with Crippen LogP contribution in [0.25, 0.3) is 10.2 Å². The van der Waals surface area contributed by atoms with Crippen LogP contribution in [0.1, 0.15) is 29.0 Å². The molecule has 4 heteroatoms. The van der Waals surface area contributed by atoms with Gasteiger partial charge in [0.1, 0.15) is 11.2 Å². The summed E-state index contributed by atoms with van der Waals surface area (Å²) in [7, 11) is 0. The topological polar surface area (TPSA) is 37.8 Å². The molecule has 1 aliphatic carbocycles. The molecule has 106 valence electrons. The van der Waals surface area contributed by atoms with E-state index in [4.69, 9.17) is 0 Å². The largest absolute Gasteiger partial charge is 0.379 e. The van der Waals surface area contributed by atoms with Gasteiger partial charge in [0, 0.05) is 16.0 Å². The Morgan fingerprint density at radius 1 is 1.05 bits per heavy atom. The molecule has 1 N–H and O–H groups in total. The number of anilines is 1. The maximum absolute atomic E-state index is 4.54. The number of nitrogens with zero attached hydrogens (tertiary/aromatic N) is 2. The van der Waals surface area contributed by atoms with Crippen molar-refractivity contribution in [3.63, 3.8) is 0 Å². The molecule has 0 saturated heterocycles. The molecule has 3 aromatic rings. The van der Waals surface area contributed by atoms with E-state index in [-0.39, 0.29) is 0 Å². The number of fused-ring (bicyclic) bond motifs is 3. The summed E-state index contributed by atoms with van der Waals surface area (Å²) in [5.74, 6) is 0. The van der Waals surface area contributed by atoms with Crippen LogP contribution in [0.5, 0.6) is 0 Å². The number of aryl methyl sites for hydroxylation is 2. The lowest BCUT2D eigenvalue weighted by Crippen LogP contribution is -2.05. The van der Waals surface area contributed by atoms with Crippen LogP contribution in [-0.2, 0) is 19.4 Å². The van der Waals surface area contributed by atoms with E-state index < -0.39 is 0 Å². The van der Waals surface area contributed by atoms with Crippen molar-refractivity contribution < 1.29 is 0 Å². The fraction of sp³-hybridized carbons (Fsp3) is 0.294. The molecule has 0 radical (unpaired) electrons. The first kappa shape index (κ1) is 12.8. The zero-order chi connectivity index (χ0) is 14.1. The summed E-state index contributed by atoms with van der Waals surface area (Å²) in [5, 5.41) is 4.77. The Morgan fingerprint density at radius 2 is 1.90 bits per heavy atom.